The lowest BCUT2D eigenvalue weighted by Gasteiger charge is -2.20. The van der Waals surface area contributed by atoms with E-state index in [0.29, 0.717) is 28.2 Å². The van der Waals surface area contributed by atoms with Crippen LogP contribution < -0.4 is 5.32 Å². The van der Waals surface area contributed by atoms with Crippen molar-refractivity contribution in [2.45, 2.75) is 57.7 Å². The van der Waals surface area contributed by atoms with Crippen molar-refractivity contribution in [2.75, 3.05) is 11.1 Å². The summed E-state index contributed by atoms with van der Waals surface area (Å²) < 4.78 is 1.99. The molecule has 9 heteroatoms. The van der Waals surface area contributed by atoms with Crippen molar-refractivity contribution in [3.8, 4) is 17.5 Å². The second-order valence-corrected chi connectivity index (χ2v) is 11.1. The first-order valence-electron chi connectivity index (χ1n) is 11.2. The van der Waals surface area contributed by atoms with E-state index in [1.54, 1.807) is 22.7 Å². The summed E-state index contributed by atoms with van der Waals surface area (Å²) >= 11 is 4.63. The maximum atomic E-state index is 12.8. The minimum absolute atomic E-state index is 0.138. The molecule has 3 aromatic rings. The lowest BCUT2D eigenvalue weighted by molar-refractivity contribution is -0.113. The molecule has 1 unspecified atom stereocenters. The molecule has 0 aromatic carbocycles. The van der Waals surface area contributed by atoms with Crippen LogP contribution in [0.5, 0.6) is 0 Å². The van der Waals surface area contributed by atoms with Gasteiger partial charge < -0.3 is 5.32 Å². The number of rotatable bonds is 9. The number of carbonyl (C=O) groups is 1. The van der Waals surface area contributed by atoms with E-state index in [4.69, 9.17) is 0 Å². The van der Waals surface area contributed by atoms with Crippen molar-refractivity contribution in [3.63, 3.8) is 0 Å². The number of thiophene rings is 2. The van der Waals surface area contributed by atoms with Gasteiger partial charge in [0.2, 0.25) is 5.91 Å². The van der Waals surface area contributed by atoms with Gasteiger partial charge in [0.25, 0.3) is 0 Å². The molecule has 1 aliphatic rings. The number of hydrogen-bond acceptors (Lipinski definition) is 7. The first-order chi connectivity index (χ1) is 16.1. The van der Waals surface area contributed by atoms with Crippen LogP contribution in [0.4, 0.5) is 5.00 Å². The number of nitrogens with zero attached hydrogens (tertiary/aromatic N) is 4. The third kappa shape index (κ3) is 5.08. The summed E-state index contributed by atoms with van der Waals surface area (Å²) in [7, 11) is 0. The van der Waals surface area contributed by atoms with Gasteiger partial charge in [0.1, 0.15) is 11.1 Å². The Balaban J connectivity index is 1.46. The SMILES string of the molecule is C=CCn1c(SCC(=O)Nc2sc3c(c2C#N)CCC(CC)C3)nnc1-c1csc(CC)c1. The normalized spacial score (nSPS) is 15.1. The maximum Gasteiger partial charge on any atom is 0.235 e. The summed E-state index contributed by atoms with van der Waals surface area (Å²) in [5.74, 6) is 1.52. The highest BCUT2D eigenvalue weighted by Gasteiger charge is 2.26. The zero-order valence-corrected chi connectivity index (χ0v) is 21.3. The van der Waals surface area contributed by atoms with Gasteiger partial charge in [-0.2, -0.15) is 5.26 Å². The minimum Gasteiger partial charge on any atom is -0.316 e. The number of aryl methyl sites for hydroxylation is 1. The van der Waals surface area contributed by atoms with Crippen molar-refractivity contribution in [1.29, 1.82) is 5.26 Å². The molecular formula is C24H27N5OS3. The standard InChI is InChI=1S/C24H27N5OS3/c1-4-9-29-22(16-11-17(6-3)31-13-16)27-28-24(29)32-14-21(30)26-23-19(12-25)18-8-7-15(5-2)10-20(18)33-23/h4,11,13,15H,1,5-10,14H2,2-3H3,(H,26,30). The first-order valence-corrected chi connectivity index (χ1v) is 13.8. The number of nitriles is 1. The Labute approximate surface area is 206 Å². The summed E-state index contributed by atoms with van der Waals surface area (Å²) in [6, 6.07) is 4.46. The Morgan fingerprint density at radius 3 is 3.00 bits per heavy atom. The zero-order chi connectivity index (χ0) is 23.4. The van der Waals surface area contributed by atoms with E-state index >= 15 is 0 Å². The summed E-state index contributed by atoms with van der Waals surface area (Å²) in [6.07, 6.45) is 6.99. The van der Waals surface area contributed by atoms with Gasteiger partial charge in [-0.3, -0.25) is 9.36 Å². The summed E-state index contributed by atoms with van der Waals surface area (Å²) in [5.41, 5.74) is 2.81. The largest absolute Gasteiger partial charge is 0.316 e. The Morgan fingerprint density at radius 2 is 2.30 bits per heavy atom. The van der Waals surface area contributed by atoms with Gasteiger partial charge >= 0.3 is 0 Å². The first kappa shape index (κ1) is 23.7. The average molecular weight is 498 g/mol. The molecule has 0 spiro atoms. The van der Waals surface area contributed by atoms with Gasteiger partial charge in [0.15, 0.2) is 11.0 Å². The van der Waals surface area contributed by atoms with Crippen LogP contribution in [0, 0.1) is 17.2 Å². The van der Waals surface area contributed by atoms with E-state index in [1.807, 2.05) is 10.6 Å². The smallest absolute Gasteiger partial charge is 0.235 e. The van der Waals surface area contributed by atoms with E-state index in [2.05, 4.69) is 53.5 Å². The van der Waals surface area contributed by atoms with Crippen molar-refractivity contribution in [3.05, 3.63) is 45.0 Å². The van der Waals surface area contributed by atoms with Crippen LogP contribution in [0.15, 0.2) is 29.3 Å². The molecule has 1 N–H and O–H groups in total. The quantitative estimate of drug-likeness (QED) is 0.292. The summed E-state index contributed by atoms with van der Waals surface area (Å²) in [5, 5.41) is 24.9. The summed E-state index contributed by atoms with van der Waals surface area (Å²) in [6.45, 7) is 8.77. The highest BCUT2D eigenvalue weighted by atomic mass is 32.2. The molecule has 0 bridgehead atoms. The molecule has 172 valence electrons. The van der Waals surface area contributed by atoms with Gasteiger partial charge in [-0.15, -0.1) is 39.4 Å². The van der Waals surface area contributed by atoms with Gasteiger partial charge in [-0.05, 0) is 43.2 Å². The molecule has 1 aliphatic carbocycles. The molecule has 0 saturated carbocycles. The molecule has 33 heavy (non-hydrogen) atoms. The zero-order valence-electron chi connectivity index (χ0n) is 18.9. The Morgan fingerprint density at radius 1 is 1.45 bits per heavy atom. The van der Waals surface area contributed by atoms with Gasteiger partial charge in [-0.1, -0.05) is 38.1 Å². The van der Waals surface area contributed by atoms with E-state index in [-0.39, 0.29) is 11.7 Å². The third-order valence-electron chi connectivity index (χ3n) is 5.93. The van der Waals surface area contributed by atoms with Gasteiger partial charge in [0, 0.05) is 27.2 Å². The van der Waals surface area contributed by atoms with Crippen molar-refractivity contribution in [1.82, 2.24) is 14.8 Å². The van der Waals surface area contributed by atoms with E-state index in [1.165, 1.54) is 21.5 Å². The van der Waals surface area contributed by atoms with Crippen LogP contribution in [0.25, 0.3) is 11.4 Å². The number of anilines is 1. The van der Waals surface area contributed by atoms with Crippen molar-refractivity contribution in [2.24, 2.45) is 5.92 Å². The number of hydrogen-bond donors (Lipinski definition) is 1. The van der Waals surface area contributed by atoms with E-state index in [0.717, 1.165) is 49.1 Å². The second-order valence-electron chi connectivity index (χ2n) is 8.03. The second kappa shape index (κ2) is 10.7. The van der Waals surface area contributed by atoms with Crippen LogP contribution in [0.2, 0.25) is 0 Å². The lowest BCUT2D eigenvalue weighted by atomic mass is 9.86. The summed E-state index contributed by atoms with van der Waals surface area (Å²) in [4.78, 5) is 15.3. The number of nitrogens with one attached hydrogen (secondary N) is 1. The van der Waals surface area contributed by atoms with Gasteiger partial charge in [0.05, 0.1) is 11.3 Å². The Kier molecular flexibility index (Phi) is 7.68. The highest BCUT2D eigenvalue weighted by molar-refractivity contribution is 7.99. The Bertz CT molecular complexity index is 1200. The van der Waals surface area contributed by atoms with E-state index in [9.17, 15) is 10.1 Å². The predicted octanol–water partition coefficient (Wildman–Crippen LogP) is 5.93. The van der Waals surface area contributed by atoms with Crippen molar-refractivity contribution < 1.29 is 4.79 Å². The van der Waals surface area contributed by atoms with Crippen LogP contribution in [-0.4, -0.2) is 26.4 Å². The number of allylic oxidation sites excluding steroid dienone is 1. The molecule has 1 amide bonds. The lowest BCUT2D eigenvalue weighted by Crippen LogP contribution is -2.15. The molecule has 0 fully saturated rings. The fourth-order valence-electron chi connectivity index (χ4n) is 4.09. The number of aromatic nitrogens is 3. The van der Waals surface area contributed by atoms with Gasteiger partial charge in [-0.25, -0.2) is 0 Å². The minimum atomic E-state index is -0.138. The van der Waals surface area contributed by atoms with Crippen LogP contribution in [0.3, 0.4) is 0 Å². The molecular weight excluding hydrogens is 470 g/mol. The molecule has 3 aromatic heterocycles. The Hall–Kier alpha value is -2.41. The molecule has 0 radical (unpaired) electrons. The molecule has 3 heterocycles. The number of fused-ring (bicyclic) bond motifs is 1. The van der Waals surface area contributed by atoms with Crippen LogP contribution >= 0.6 is 34.4 Å². The highest BCUT2D eigenvalue weighted by Crippen LogP contribution is 2.40. The number of amides is 1. The van der Waals surface area contributed by atoms with Crippen LogP contribution in [-0.2, 0) is 30.6 Å². The molecule has 0 saturated heterocycles. The fraction of sp³-hybridized carbons (Fsp3) is 0.417. The monoisotopic (exact) mass is 497 g/mol. The molecule has 0 aliphatic heterocycles. The van der Waals surface area contributed by atoms with Crippen LogP contribution in [0.1, 0.15) is 47.6 Å². The predicted molar refractivity (Wildman–Crippen MR) is 137 cm³/mol. The van der Waals surface area contributed by atoms with Crippen molar-refractivity contribution >= 4 is 45.3 Å². The van der Waals surface area contributed by atoms with E-state index < -0.39 is 0 Å². The number of thioether (sulfide) groups is 1. The number of carbonyl (C=O) groups excluding carboxylic acids is 1. The molecule has 6 nitrogen and oxygen atoms in total. The fourth-order valence-corrected chi connectivity index (χ4v) is 6.98. The molecule has 1 atom stereocenters. The third-order valence-corrected chi connectivity index (χ3v) is 9.15. The topological polar surface area (TPSA) is 83.6 Å². The molecule has 4 rings (SSSR count). The maximum absolute atomic E-state index is 12.8. The average Bonchev–Trinajstić information content (AvgIpc) is 3.53.